The van der Waals surface area contributed by atoms with Crippen molar-refractivity contribution in [2.75, 3.05) is 32.8 Å². The Hall–Kier alpha value is -2.25. The van der Waals surface area contributed by atoms with Gasteiger partial charge in [0.05, 0.1) is 25.5 Å². The van der Waals surface area contributed by atoms with E-state index in [0.717, 1.165) is 12.1 Å². The molecule has 24 heavy (non-hydrogen) atoms. The molecule has 0 radical (unpaired) electrons. The summed E-state index contributed by atoms with van der Waals surface area (Å²) in [5.41, 5.74) is -0.572. The van der Waals surface area contributed by atoms with Gasteiger partial charge in [0.15, 0.2) is 0 Å². The molecule has 2 aromatic rings. The Labute approximate surface area is 138 Å². The Morgan fingerprint density at radius 2 is 1.88 bits per heavy atom. The quantitative estimate of drug-likeness (QED) is 0.911. The molecule has 0 spiro atoms. The molecule has 0 saturated carbocycles. The highest BCUT2D eigenvalue weighted by molar-refractivity contribution is 5.94. The predicted molar refractivity (Wildman–Crippen MR) is 82.5 cm³/mol. The molecule has 0 bridgehead atoms. The Bertz CT molecular complexity index is 665. The third-order valence-corrected chi connectivity index (χ3v) is 4.00. The summed E-state index contributed by atoms with van der Waals surface area (Å²) in [6, 6.07) is 6.70. The molecule has 1 amide bonds. The molecule has 2 heterocycles. The lowest BCUT2D eigenvalue weighted by Crippen LogP contribution is -2.43. The molecule has 1 N–H and O–H groups in total. The number of ether oxygens (including phenoxy) is 1. The minimum absolute atomic E-state index is 0.181. The summed E-state index contributed by atoms with van der Waals surface area (Å²) in [7, 11) is 0. The molecule has 1 aromatic carbocycles. The number of rotatable bonds is 5. The highest BCUT2D eigenvalue weighted by Gasteiger charge is 2.26. The lowest BCUT2D eigenvalue weighted by Gasteiger charge is -2.33. The van der Waals surface area contributed by atoms with Crippen molar-refractivity contribution < 1.29 is 22.7 Å². The van der Waals surface area contributed by atoms with Gasteiger partial charge < -0.3 is 14.5 Å². The average Bonchev–Trinajstić information content (AvgIpc) is 3.10. The van der Waals surface area contributed by atoms with E-state index in [1.165, 1.54) is 6.07 Å². The van der Waals surface area contributed by atoms with E-state index in [1.54, 1.807) is 12.3 Å². The van der Waals surface area contributed by atoms with Crippen molar-refractivity contribution in [2.24, 2.45) is 0 Å². The molecule has 1 saturated heterocycles. The van der Waals surface area contributed by atoms with Crippen molar-refractivity contribution >= 4 is 5.91 Å². The van der Waals surface area contributed by atoms with Crippen LogP contribution in [0.1, 0.15) is 22.2 Å². The lowest BCUT2D eigenvalue weighted by atomic mass is 10.1. The van der Waals surface area contributed by atoms with Crippen molar-refractivity contribution in [3.63, 3.8) is 0 Å². The minimum Gasteiger partial charge on any atom is -0.468 e. The lowest BCUT2D eigenvalue weighted by molar-refractivity contribution is 0.0118. The van der Waals surface area contributed by atoms with Crippen LogP contribution in [0.2, 0.25) is 0 Å². The van der Waals surface area contributed by atoms with Crippen LogP contribution in [0.15, 0.2) is 41.0 Å². The van der Waals surface area contributed by atoms with Gasteiger partial charge in [-0.3, -0.25) is 9.69 Å². The first-order valence-electron chi connectivity index (χ1n) is 7.74. The van der Waals surface area contributed by atoms with E-state index in [1.807, 2.05) is 6.07 Å². The molecular formula is C17H18F2N2O3. The van der Waals surface area contributed by atoms with Crippen molar-refractivity contribution in [1.82, 2.24) is 10.2 Å². The first kappa shape index (κ1) is 16.6. The van der Waals surface area contributed by atoms with Crippen LogP contribution in [0.3, 0.4) is 0 Å². The average molecular weight is 336 g/mol. The fourth-order valence-corrected chi connectivity index (χ4v) is 2.77. The zero-order valence-electron chi connectivity index (χ0n) is 13.0. The van der Waals surface area contributed by atoms with Crippen molar-refractivity contribution in [2.45, 2.75) is 6.04 Å². The summed E-state index contributed by atoms with van der Waals surface area (Å²) in [5.74, 6) is -1.86. The topological polar surface area (TPSA) is 54.7 Å². The van der Waals surface area contributed by atoms with Gasteiger partial charge in [-0.05, 0) is 24.3 Å². The fourth-order valence-electron chi connectivity index (χ4n) is 2.77. The van der Waals surface area contributed by atoms with Crippen LogP contribution in [-0.4, -0.2) is 43.7 Å². The van der Waals surface area contributed by atoms with Gasteiger partial charge in [0.2, 0.25) is 0 Å². The summed E-state index contributed by atoms with van der Waals surface area (Å²) in [5, 5.41) is 2.60. The van der Waals surface area contributed by atoms with E-state index in [0.29, 0.717) is 32.1 Å². The van der Waals surface area contributed by atoms with Crippen LogP contribution >= 0.6 is 0 Å². The molecule has 7 heteroatoms. The number of hydrogen-bond donors (Lipinski definition) is 1. The van der Waals surface area contributed by atoms with Crippen molar-refractivity contribution in [3.05, 3.63) is 59.6 Å². The third-order valence-electron chi connectivity index (χ3n) is 4.00. The van der Waals surface area contributed by atoms with Gasteiger partial charge in [-0.2, -0.15) is 0 Å². The molecule has 3 rings (SSSR count). The Morgan fingerprint density at radius 1 is 1.17 bits per heavy atom. The second kappa shape index (κ2) is 7.55. The van der Waals surface area contributed by atoms with Crippen LogP contribution in [0.5, 0.6) is 0 Å². The number of amides is 1. The number of carbonyl (C=O) groups excluding carboxylic acids is 1. The number of morpholine rings is 1. The number of carbonyl (C=O) groups is 1. The van der Waals surface area contributed by atoms with Gasteiger partial charge in [0, 0.05) is 19.6 Å². The summed E-state index contributed by atoms with van der Waals surface area (Å²) in [4.78, 5) is 14.3. The van der Waals surface area contributed by atoms with E-state index in [2.05, 4.69) is 10.2 Å². The molecule has 128 valence electrons. The Kier molecular flexibility index (Phi) is 5.22. The van der Waals surface area contributed by atoms with E-state index in [-0.39, 0.29) is 12.6 Å². The van der Waals surface area contributed by atoms with Crippen LogP contribution in [0.25, 0.3) is 0 Å². The molecule has 0 unspecified atom stereocenters. The molecule has 1 atom stereocenters. The van der Waals surface area contributed by atoms with Crippen molar-refractivity contribution in [3.8, 4) is 0 Å². The summed E-state index contributed by atoms with van der Waals surface area (Å²) < 4.78 is 38.2. The Balaban J connectivity index is 1.72. The molecule has 1 aliphatic rings. The highest BCUT2D eigenvalue weighted by atomic mass is 19.1. The maximum Gasteiger partial charge on any atom is 0.257 e. The summed E-state index contributed by atoms with van der Waals surface area (Å²) >= 11 is 0. The van der Waals surface area contributed by atoms with Gasteiger partial charge in [-0.1, -0.05) is 6.07 Å². The van der Waals surface area contributed by atoms with Crippen LogP contribution in [0.4, 0.5) is 8.78 Å². The number of furan rings is 1. The maximum atomic E-state index is 13.7. The van der Waals surface area contributed by atoms with Crippen LogP contribution < -0.4 is 5.32 Å². The molecule has 1 fully saturated rings. The zero-order chi connectivity index (χ0) is 16.9. The number of halogens is 2. The normalized spacial score (nSPS) is 16.8. The SMILES string of the molecule is O=C(NC[C@@H](c1ccco1)N1CCOCC1)c1c(F)cccc1F. The smallest absolute Gasteiger partial charge is 0.257 e. The predicted octanol–water partition coefficient (Wildman–Crippen LogP) is 2.36. The summed E-state index contributed by atoms with van der Waals surface area (Å²) in [6.45, 7) is 2.74. The second-order valence-electron chi connectivity index (χ2n) is 5.49. The van der Waals surface area contributed by atoms with Crippen LogP contribution in [-0.2, 0) is 4.74 Å². The van der Waals surface area contributed by atoms with Gasteiger partial charge in [0.1, 0.15) is 23.0 Å². The van der Waals surface area contributed by atoms with Gasteiger partial charge >= 0.3 is 0 Å². The monoisotopic (exact) mass is 336 g/mol. The standard InChI is InChI=1S/C17H18F2N2O3/c18-12-3-1-4-13(19)16(12)17(22)20-11-14(15-5-2-8-24-15)21-6-9-23-10-7-21/h1-5,8,14H,6-7,9-11H2,(H,20,22)/t14-/m0/s1. The number of nitrogens with one attached hydrogen (secondary N) is 1. The van der Waals surface area contributed by atoms with Gasteiger partial charge in [0.25, 0.3) is 5.91 Å². The van der Waals surface area contributed by atoms with E-state index in [4.69, 9.17) is 9.15 Å². The largest absolute Gasteiger partial charge is 0.468 e. The fraction of sp³-hybridized carbons (Fsp3) is 0.353. The molecule has 1 aliphatic heterocycles. The molecular weight excluding hydrogens is 318 g/mol. The van der Waals surface area contributed by atoms with E-state index in [9.17, 15) is 13.6 Å². The first-order valence-corrected chi connectivity index (χ1v) is 7.74. The van der Waals surface area contributed by atoms with E-state index < -0.39 is 23.1 Å². The van der Waals surface area contributed by atoms with Gasteiger partial charge in [-0.25, -0.2) is 8.78 Å². The molecule has 0 aliphatic carbocycles. The van der Waals surface area contributed by atoms with Gasteiger partial charge in [-0.15, -0.1) is 0 Å². The first-order chi connectivity index (χ1) is 11.7. The Morgan fingerprint density at radius 3 is 2.50 bits per heavy atom. The number of benzene rings is 1. The van der Waals surface area contributed by atoms with Crippen molar-refractivity contribution in [1.29, 1.82) is 0 Å². The third kappa shape index (κ3) is 3.63. The molecule has 5 nitrogen and oxygen atoms in total. The highest BCUT2D eigenvalue weighted by Crippen LogP contribution is 2.22. The molecule has 1 aromatic heterocycles. The number of nitrogens with zero attached hydrogens (tertiary/aromatic N) is 1. The summed E-state index contributed by atoms with van der Waals surface area (Å²) in [6.07, 6.45) is 1.56. The maximum absolute atomic E-state index is 13.7. The number of hydrogen-bond acceptors (Lipinski definition) is 4. The zero-order valence-corrected chi connectivity index (χ0v) is 13.0. The minimum atomic E-state index is -0.881. The second-order valence-corrected chi connectivity index (χ2v) is 5.49. The van der Waals surface area contributed by atoms with Crippen LogP contribution in [0, 0.1) is 11.6 Å². The van der Waals surface area contributed by atoms with E-state index >= 15 is 0 Å².